The first-order valence-corrected chi connectivity index (χ1v) is 10.9. The van der Waals surface area contributed by atoms with Crippen LogP contribution in [0.15, 0.2) is 53.4 Å². The maximum absolute atomic E-state index is 12.5. The molecule has 8 heteroatoms. The summed E-state index contributed by atoms with van der Waals surface area (Å²) in [7, 11) is -3.86. The van der Waals surface area contributed by atoms with Gasteiger partial charge in [-0.1, -0.05) is 30.3 Å². The van der Waals surface area contributed by atoms with Crippen molar-refractivity contribution in [1.82, 2.24) is 0 Å². The van der Waals surface area contributed by atoms with E-state index in [0.29, 0.717) is 5.69 Å². The van der Waals surface area contributed by atoms with E-state index in [4.69, 9.17) is 5.14 Å². The molecule has 0 aromatic heterocycles. The Morgan fingerprint density at radius 3 is 2.36 bits per heavy atom. The third kappa shape index (κ3) is 5.79. The highest BCUT2D eigenvalue weighted by molar-refractivity contribution is 7.89. The van der Waals surface area contributed by atoms with Gasteiger partial charge in [-0.15, -0.1) is 0 Å². The van der Waals surface area contributed by atoms with Gasteiger partial charge < -0.3 is 15.5 Å². The first-order valence-electron chi connectivity index (χ1n) is 9.36. The molecule has 0 bridgehead atoms. The second-order valence-corrected chi connectivity index (χ2v) is 8.15. The van der Waals surface area contributed by atoms with Crippen LogP contribution in [-0.4, -0.2) is 34.0 Å². The van der Waals surface area contributed by atoms with Gasteiger partial charge in [-0.05, 0) is 39.0 Å². The Balaban J connectivity index is 2.16. The van der Waals surface area contributed by atoms with Crippen molar-refractivity contribution in [3.8, 4) is 0 Å². The fraction of sp³-hybridized carbons (Fsp3) is 0.350. The molecule has 2 rings (SSSR count). The lowest BCUT2D eigenvalue weighted by atomic mass is 10.1. The standard InChI is InChI=1S/C20H28N4O3S/c1-4-24(5-2)19-12-11-17(28(21,26)27)13-18(19)23-20(25)14-22-15(3)16-9-7-6-8-10-16/h6-13,15,22H,4-5,14H2,1-3H3,(H,23,25)(H2,21,26,27)/p+1/t15-/m1/s1. The lowest BCUT2D eigenvalue weighted by molar-refractivity contribution is -0.682. The summed E-state index contributed by atoms with van der Waals surface area (Å²) in [6, 6.07) is 14.6. The predicted octanol–water partition coefficient (Wildman–Crippen LogP) is 1.44. The molecule has 0 aliphatic carbocycles. The Morgan fingerprint density at radius 1 is 1.14 bits per heavy atom. The Morgan fingerprint density at radius 2 is 1.79 bits per heavy atom. The fourth-order valence-electron chi connectivity index (χ4n) is 3.01. The van der Waals surface area contributed by atoms with Crippen molar-refractivity contribution in [2.75, 3.05) is 29.9 Å². The van der Waals surface area contributed by atoms with Crippen LogP contribution in [-0.2, 0) is 14.8 Å². The molecule has 0 unspecified atom stereocenters. The molecule has 2 aromatic carbocycles. The molecule has 0 aliphatic heterocycles. The van der Waals surface area contributed by atoms with Crippen LogP contribution < -0.4 is 20.7 Å². The summed E-state index contributed by atoms with van der Waals surface area (Å²) in [4.78, 5) is 14.5. The van der Waals surface area contributed by atoms with Crippen molar-refractivity contribution in [2.45, 2.75) is 31.7 Å². The minimum atomic E-state index is -3.86. The number of primary sulfonamides is 1. The van der Waals surface area contributed by atoms with Crippen LogP contribution in [0.2, 0.25) is 0 Å². The number of benzene rings is 2. The van der Waals surface area contributed by atoms with Gasteiger partial charge in [0.25, 0.3) is 5.91 Å². The molecule has 28 heavy (non-hydrogen) atoms. The molecule has 5 N–H and O–H groups in total. The van der Waals surface area contributed by atoms with Crippen molar-refractivity contribution in [1.29, 1.82) is 0 Å². The summed E-state index contributed by atoms with van der Waals surface area (Å²) < 4.78 is 23.4. The van der Waals surface area contributed by atoms with Gasteiger partial charge in [0.2, 0.25) is 10.0 Å². The maximum Gasteiger partial charge on any atom is 0.279 e. The van der Waals surface area contributed by atoms with Crippen LogP contribution in [0.5, 0.6) is 0 Å². The van der Waals surface area contributed by atoms with Crippen molar-refractivity contribution in [3.63, 3.8) is 0 Å². The molecule has 0 fully saturated rings. The maximum atomic E-state index is 12.5. The SMILES string of the molecule is CCN(CC)c1ccc(S(N)(=O)=O)cc1NC(=O)C[NH2+][C@H](C)c1ccccc1. The molecule has 7 nitrogen and oxygen atoms in total. The number of nitrogens with one attached hydrogen (secondary N) is 1. The number of nitrogens with zero attached hydrogens (tertiary/aromatic N) is 1. The third-order valence-electron chi connectivity index (χ3n) is 4.66. The summed E-state index contributed by atoms with van der Waals surface area (Å²) >= 11 is 0. The predicted molar refractivity (Wildman–Crippen MR) is 112 cm³/mol. The highest BCUT2D eigenvalue weighted by Crippen LogP contribution is 2.28. The van der Waals surface area contributed by atoms with Gasteiger partial charge in [-0.25, -0.2) is 13.6 Å². The Labute approximate surface area is 167 Å². The summed E-state index contributed by atoms with van der Waals surface area (Å²) in [5.74, 6) is -0.206. The summed E-state index contributed by atoms with van der Waals surface area (Å²) in [5, 5.41) is 10.0. The van der Waals surface area contributed by atoms with E-state index in [9.17, 15) is 13.2 Å². The minimum Gasteiger partial charge on any atom is -0.370 e. The number of sulfonamides is 1. The second kappa shape index (κ2) is 9.68. The Hall–Kier alpha value is -2.42. The monoisotopic (exact) mass is 405 g/mol. The molecule has 1 amide bonds. The summed E-state index contributed by atoms with van der Waals surface area (Å²) in [5.41, 5.74) is 2.35. The molecule has 152 valence electrons. The van der Waals surface area contributed by atoms with Crippen LogP contribution in [0, 0.1) is 0 Å². The minimum absolute atomic E-state index is 0.0275. The molecule has 2 aromatic rings. The van der Waals surface area contributed by atoms with Crippen LogP contribution in [0.4, 0.5) is 11.4 Å². The van der Waals surface area contributed by atoms with E-state index in [2.05, 4.69) is 5.32 Å². The van der Waals surface area contributed by atoms with Gasteiger partial charge in [-0.3, -0.25) is 4.79 Å². The number of hydrogen-bond donors (Lipinski definition) is 3. The van der Waals surface area contributed by atoms with Crippen molar-refractivity contribution in [2.24, 2.45) is 5.14 Å². The van der Waals surface area contributed by atoms with Gasteiger partial charge in [0.1, 0.15) is 6.04 Å². The summed E-state index contributed by atoms with van der Waals surface area (Å²) in [6.07, 6.45) is 0. The van der Waals surface area contributed by atoms with Crippen LogP contribution >= 0.6 is 0 Å². The molecular weight excluding hydrogens is 376 g/mol. The van der Waals surface area contributed by atoms with E-state index in [1.54, 1.807) is 6.07 Å². The quantitative estimate of drug-likeness (QED) is 0.586. The molecule has 0 spiro atoms. The number of nitrogens with two attached hydrogens (primary N) is 2. The molecule has 0 aliphatic rings. The van der Waals surface area contributed by atoms with Gasteiger partial charge in [-0.2, -0.15) is 0 Å². The van der Waals surface area contributed by atoms with E-state index in [-0.39, 0.29) is 23.4 Å². The number of hydrogen-bond acceptors (Lipinski definition) is 4. The highest BCUT2D eigenvalue weighted by atomic mass is 32.2. The van der Waals surface area contributed by atoms with E-state index >= 15 is 0 Å². The van der Waals surface area contributed by atoms with Crippen molar-refractivity contribution in [3.05, 3.63) is 54.1 Å². The number of amides is 1. The van der Waals surface area contributed by atoms with Gasteiger partial charge in [0, 0.05) is 18.7 Å². The van der Waals surface area contributed by atoms with Gasteiger partial charge >= 0.3 is 0 Å². The Kier molecular flexibility index (Phi) is 7.56. The molecule has 1 atom stereocenters. The smallest absolute Gasteiger partial charge is 0.279 e. The highest BCUT2D eigenvalue weighted by Gasteiger charge is 2.17. The topological polar surface area (TPSA) is 109 Å². The number of carbonyl (C=O) groups is 1. The van der Waals surface area contributed by atoms with Crippen LogP contribution in [0.25, 0.3) is 0 Å². The molecule has 0 radical (unpaired) electrons. The lowest BCUT2D eigenvalue weighted by Gasteiger charge is -2.24. The first kappa shape index (κ1) is 21.9. The van der Waals surface area contributed by atoms with Crippen LogP contribution in [0.1, 0.15) is 32.4 Å². The zero-order valence-corrected chi connectivity index (χ0v) is 17.4. The van der Waals surface area contributed by atoms with Crippen LogP contribution in [0.3, 0.4) is 0 Å². The van der Waals surface area contributed by atoms with E-state index in [0.717, 1.165) is 24.3 Å². The first-order chi connectivity index (χ1) is 13.3. The number of rotatable bonds is 9. The normalized spacial score (nSPS) is 12.4. The van der Waals surface area contributed by atoms with E-state index in [1.807, 2.05) is 61.3 Å². The largest absolute Gasteiger partial charge is 0.370 e. The van der Waals surface area contributed by atoms with Gasteiger partial charge in [0.05, 0.1) is 16.3 Å². The zero-order valence-electron chi connectivity index (χ0n) is 16.6. The number of carbonyl (C=O) groups excluding carboxylic acids is 1. The number of anilines is 2. The third-order valence-corrected chi connectivity index (χ3v) is 5.57. The average Bonchev–Trinajstić information content (AvgIpc) is 2.68. The second-order valence-electron chi connectivity index (χ2n) is 6.58. The lowest BCUT2D eigenvalue weighted by Crippen LogP contribution is -2.86. The molecule has 0 saturated heterocycles. The fourth-order valence-corrected chi connectivity index (χ4v) is 3.55. The van der Waals surface area contributed by atoms with E-state index < -0.39 is 10.0 Å². The molecule has 0 saturated carbocycles. The molecule has 0 heterocycles. The van der Waals surface area contributed by atoms with Gasteiger partial charge in [0.15, 0.2) is 6.54 Å². The van der Waals surface area contributed by atoms with E-state index in [1.165, 1.54) is 12.1 Å². The number of quaternary nitrogens is 1. The Bertz CT molecular complexity index is 897. The van der Waals surface area contributed by atoms with Crippen molar-refractivity contribution >= 4 is 27.3 Å². The molecular formula is C20H29N4O3S+. The average molecular weight is 406 g/mol. The summed E-state index contributed by atoms with van der Waals surface area (Å²) in [6.45, 7) is 7.70. The zero-order chi connectivity index (χ0) is 20.7. The van der Waals surface area contributed by atoms with Crippen molar-refractivity contribution < 1.29 is 18.5 Å².